The molecule has 0 aromatic heterocycles. The number of carbonyl (C=O) groups excluding carboxylic acids is 2. The van der Waals surface area contributed by atoms with Gasteiger partial charge in [0.25, 0.3) is 0 Å². The summed E-state index contributed by atoms with van der Waals surface area (Å²) >= 11 is 0. The van der Waals surface area contributed by atoms with Crippen molar-refractivity contribution in [1.82, 2.24) is 10.2 Å². The van der Waals surface area contributed by atoms with Gasteiger partial charge in [-0.05, 0) is 31.2 Å². The lowest BCUT2D eigenvalue weighted by atomic mass is 9.85. The lowest BCUT2D eigenvalue weighted by molar-refractivity contribution is -0.132. The highest BCUT2D eigenvalue weighted by molar-refractivity contribution is 5.99. The Hall–Kier alpha value is -1.68. The van der Waals surface area contributed by atoms with Gasteiger partial charge in [0.2, 0.25) is 5.91 Å². The van der Waals surface area contributed by atoms with Crippen molar-refractivity contribution in [1.29, 1.82) is 0 Å². The first kappa shape index (κ1) is 18.7. The molecule has 1 heterocycles. The number of benzene rings is 1. The largest absolute Gasteiger partial charge is 0.342 e. The summed E-state index contributed by atoms with van der Waals surface area (Å²) in [6.07, 6.45) is 0.592. The number of amides is 1. The molecule has 1 aliphatic heterocycles. The normalized spacial score (nSPS) is 20.9. The standard InChI is InChI=1S/C20H30N2O2/c1-6-22(7-2)19(24)17-12-15(13-21-17)18(23)14-8-10-16(11-9-14)20(3,4)5/h8-11,15,17,21H,6-7,12-13H2,1-5H3. The van der Waals surface area contributed by atoms with E-state index in [1.807, 2.05) is 43.0 Å². The lowest BCUT2D eigenvalue weighted by Crippen LogP contribution is -2.43. The second-order valence-electron chi connectivity index (χ2n) is 7.60. The number of rotatable bonds is 5. The molecule has 4 nitrogen and oxygen atoms in total. The van der Waals surface area contributed by atoms with Crippen LogP contribution in [-0.4, -0.2) is 42.3 Å². The molecule has 1 saturated heterocycles. The summed E-state index contributed by atoms with van der Waals surface area (Å²) in [7, 11) is 0. The highest BCUT2D eigenvalue weighted by atomic mass is 16.2. The third kappa shape index (κ3) is 4.04. The molecular formula is C20H30N2O2. The van der Waals surface area contributed by atoms with E-state index in [9.17, 15) is 9.59 Å². The fourth-order valence-electron chi connectivity index (χ4n) is 3.25. The first-order valence-corrected chi connectivity index (χ1v) is 8.94. The van der Waals surface area contributed by atoms with Crippen LogP contribution in [0.15, 0.2) is 24.3 Å². The monoisotopic (exact) mass is 330 g/mol. The van der Waals surface area contributed by atoms with Crippen LogP contribution in [0.4, 0.5) is 0 Å². The molecule has 0 spiro atoms. The summed E-state index contributed by atoms with van der Waals surface area (Å²) in [5.41, 5.74) is 2.04. The predicted octanol–water partition coefficient (Wildman–Crippen LogP) is 3.01. The zero-order valence-corrected chi connectivity index (χ0v) is 15.6. The fraction of sp³-hybridized carbons (Fsp3) is 0.600. The second-order valence-corrected chi connectivity index (χ2v) is 7.60. The van der Waals surface area contributed by atoms with Crippen LogP contribution in [0.25, 0.3) is 0 Å². The minimum Gasteiger partial charge on any atom is -0.342 e. The van der Waals surface area contributed by atoms with Crippen molar-refractivity contribution < 1.29 is 9.59 Å². The summed E-state index contributed by atoms with van der Waals surface area (Å²) in [5.74, 6) is 0.131. The van der Waals surface area contributed by atoms with Gasteiger partial charge in [-0.2, -0.15) is 0 Å². The molecule has 1 N–H and O–H groups in total. The first-order chi connectivity index (χ1) is 11.3. The zero-order chi connectivity index (χ0) is 17.9. The molecule has 2 rings (SSSR count). The topological polar surface area (TPSA) is 49.4 Å². The summed E-state index contributed by atoms with van der Waals surface area (Å²) in [5, 5.41) is 3.23. The average molecular weight is 330 g/mol. The Morgan fingerprint density at radius 2 is 1.71 bits per heavy atom. The number of nitrogens with zero attached hydrogens (tertiary/aromatic N) is 1. The van der Waals surface area contributed by atoms with Crippen LogP contribution in [-0.2, 0) is 10.2 Å². The molecule has 24 heavy (non-hydrogen) atoms. The third-order valence-electron chi connectivity index (χ3n) is 4.91. The number of hydrogen-bond donors (Lipinski definition) is 1. The predicted molar refractivity (Wildman–Crippen MR) is 97.3 cm³/mol. The molecule has 1 amide bonds. The SMILES string of the molecule is CCN(CC)C(=O)C1CC(C(=O)c2ccc(C(C)(C)C)cc2)CN1. The summed E-state index contributed by atoms with van der Waals surface area (Å²) in [6, 6.07) is 7.68. The maximum absolute atomic E-state index is 12.7. The lowest BCUT2D eigenvalue weighted by Gasteiger charge is -2.22. The first-order valence-electron chi connectivity index (χ1n) is 8.94. The molecule has 132 valence electrons. The molecule has 2 atom stereocenters. The van der Waals surface area contributed by atoms with Gasteiger partial charge in [-0.25, -0.2) is 0 Å². The maximum Gasteiger partial charge on any atom is 0.239 e. The Balaban J connectivity index is 2.03. The number of likely N-dealkylation sites (N-methyl/N-ethyl adjacent to an activating group) is 1. The Kier molecular flexibility index (Phi) is 5.81. The molecule has 1 aliphatic rings. The van der Waals surface area contributed by atoms with E-state index < -0.39 is 0 Å². The van der Waals surface area contributed by atoms with Crippen LogP contribution in [0.5, 0.6) is 0 Å². The van der Waals surface area contributed by atoms with Crippen LogP contribution >= 0.6 is 0 Å². The summed E-state index contributed by atoms with van der Waals surface area (Å²) < 4.78 is 0. The van der Waals surface area contributed by atoms with E-state index in [4.69, 9.17) is 0 Å². The van der Waals surface area contributed by atoms with E-state index in [-0.39, 0.29) is 29.1 Å². The van der Waals surface area contributed by atoms with E-state index in [1.54, 1.807) is 0 Å². The number of Topliss-reactive ketones (excluding diaryl/α,β-unsaturated/α-hetero) is 1. The van der Waals surface area contributed by atoms with Gasteiger partial charge in [-0.1, -0.05) is 45.0 Å². The highest BCUT2D eigenvalue weighted by Gasteiger charge is 2.35. The molecule has 2 unspecified atom stereocenters. The van der Waals surface area contributed by atoms with Gasteiger partial charge in [0.15, 0.2) is 5.78 Å². The molecule has 0 saturated carbocycles. The van der Waals surface area contributed by atoms with Gasteiger partial charge in [-0.3, -0.25) is 9.59 Å². The van der Waals surface area contributed by atoms with E-state index in [2.05, 4.69) is 26.1 Å². The Morgan fingerprint density at radius 1 is 1.12 bits per heavy atom. The van der Waals surface area contributed by atoms with Gasteiger partial charge < -0.3 is 10.2 Å². The van der Waals surface area contributed by atoms with Gasteiger partial charge in [0, 0.05) is 31.1 Å². The Bertz CT molecular complexity index is 583. The molecular weight excluding hydrogens is 300 g/mol. The van der Waals surface area contributed by atoms with Gasteiger partial charge in [0.05, 0.1) is 6.04 Å². The van der Waals surface area contributed by atoms with Crippen molar-refractivity contribution in [3.8, 4) is 0 Å². The van der Waals surface area contributed by atoms with Crippen molar-refractivity contribution in [3.05, 3.63) is 35.4 Å². The molecule has 1 fully saturated rings. The maximum atomic E-state index is 12.7. The van der Waals surface area contributed by atoms with Crippen molar-refractivity contribution in [2.45, 2.75) is 52.5 Å². The van der Waals surface area contributed by atoms with Gasteiger partial charge in [-0.15, -0.1) is 0 Å². The zero-order valence-electron chi connectivity index (χ0n) is 15.6. The van der Waals surface area contributed by atoms with Gasteiger partial charge >= 0.3 is 0 Å². The molecule has 0 bridgehead atoms. The quantitative estimate of drug-likeness (QED) is 0.844. The molecule has 0 aliphatic carbocycles. The van der Waals surface area contributed by atoms with Crippen molar-refractivity contribution >= 4 is 11.7 Å². The second kappa shape index (κ2) is 7.47. The van der Waals surface area contributed by atoms with Crippen LogP contribution in [0, 0.1) is 5.92 Å². The number of hydrogen-bond acceptors (Lipinski definition) is 3. The van der Waals surface area contributed by atoms with E-state index in [1.165, 1.54) is 5.56 Å². The van der Waals surface area contributed by atoms with E-state index in [0.29, 0.717) is 26.1 Å². The minimum atomic E-state index is -0.229. The van der Waals surface area contributed by atoms with E-state index in [0.717, 1.165) is 5.56 Å². The Labute approximate surface area is 145 Å². The number of nitrogens with one attached hydrogen (secondary N) is 1. The number of ketones is 1. The van der Waals surface area contributed by atoms with E-state index >= 15 is 0 Å². The van der Waals surface area contributed by atoms with Crippen LogP contribution < -0.4 is 5.32 Å². The van der Waals surface area contributed by atoms with Gasteiger partial charge in [0.1, 0.15) is 0 Å². The molecule has 0 radical (unpaired) electrons. The molecule has 1 aromatic carbocycles. The van der Waals surface area contributed by atoms with Crippen LogP contribution in [0.2, 0.25) is 0 Å². The van der Waals surface area contributed by atoms with Crippen LogP contribution in [0.1, 0.15) is 57.0 Å². The molecule has 4 heteroatoms. The van der Waals surface area contributed by atoms with Crippen LogP contribution in [0.3, 0.4) is 0 Å². The fourth-order valence-corrected chi connectivity index (χ4v) is 3.25. The average Bonchev–Trinajstić information content (AvgIpc) is 3.04. The Morgan fingerprint density at radius 3 is 2.21 bits per heavy atom. The summed E-state index contributed by atoms with van der Waals surface area (Å²) in [6.45, 7) is 12.4. The third-order valence-corrected chi connectivity index (χ3v) is 4.91. The minimum absolute atomic E-state index is 0.0811. The van der Waals surface area contributed by atoms with Crippen molar-refractivity contribution in [2.75, 3.05) is 19.6 Å². The van der Waals surface area contributed by atoms with Crippen molar-refractivity contribution in [2.24, 2.45) is 5.92 Å². The highest BCUT2D eigenvalue weighted by Crippen LogP contribution is 2.25. The smallest absolute Gasteiger partial charge is 0.239 e. The van der Waals surface area contributed by atoms with Crippen molar-refractivity contribution in [3.63, 3.8) is 0 Å². The summed E-state index contributed by atoms with van der Waals surface area (Å²) in [4.78, 5) is 27.0. The number of carbonyl (C=O) groups is 2. The molecule has 1 aromatic rings.